The number of nitrogens with two attached hydrogens (primary N) is 1. The molecule has 2 fully saturated rings. The van der Waals surface area contributed by atoms with E-state index in [1.54, 1.807) is 4.90 Å². The molecule has 0 bridgehead atoms. The zero-order valence-electron chi connectivity index (χ0n) is 14.9. The summed E-state index contributed by atoms with van der Waals surface area (Å²) in [6.07, 6.45) is 4.45. The van der Waals surface area contributed by atoms with E-state index in [1.165, 1.54) is 37.5 Å². The number of likely N-dealkylation sites (tertiary alicyclic amines) is 2. The van der Waals surface area contributed by atoms with Crippen LogP contribution in [0.25, 0.3) is 0 Å². The number of hydrogen-bond acceptors (Lipinski definition) is 4. The highest BCUT2D eigenvalue weighted by atomic mass is 19.1. The summed E-state index contributed by atoms with van der Waals surface area (Å²) < 4.78 is 19.3. The van der Waals surface area contributed by atoms with Crippen LogP contribution >= 0.6 is 0 Å². The highest BCUT2D eigenvalue weighted by Crippen LogP contribution is 2.28. The number of carbonyl (C=O) groups is 1. The van der Waals surface area contributed by atoms with Crippen molar-refractivity contribution in [1.82, 2.24) is 9.80 Å². The summed E-state index contributed by atoms with van der Waals surface area (Å²) in [7, 11) is 0. The van der Waals surface area contributed by atoms with E-state index < -0.39 is 5.82 Å². The minimum atomic E-state index is -0.420. The Morgan fingerprint density at radius 3 is 2.88 bits per heavy atom. The molecule has 1 amide bonds. The van der Waals surface area contributed by atoms with Crippen LogP contribution in [0.4, 0.5) is 4.39 Å². The average Bonchev–Trinajstić information content (AvgIpc) is 2.56. The van der Waals surface area contributed by atoms with Crippen LogP contribution < -0.4 is 10.5 Å². The van der Waals surface area contributed by atoms with Gasteiger partial charge in [-0.2, -0.15) is 0 Å². The van der Waals surface area contributed by atoms with Crippen molar-refractivity contribution in [3.63, 3.8) is 0 Å². The molecule has 0 saturated carbocycles. The van der Waals surface area contributed by atoms with Gasteiger partial charge in [0.25, 0.3) is 5.91 Å². The van der Waals surface area contributed by atoms with Gasteiger partial charge in [0, 0.05) is 25.2 Å². The molecule has 0 aliphatic carbocycles. The standard InChI is InChI=1S/C19H28FN3O2/c1-14-5-2-3-9-23(14)16-12-22(13-16)19(24)17-11-15(20)6-7-18(17)25-10-4-8-21/h6-7,11,14,16H,2-5,8-10,12-13,21H2,1H3/t14-/m1/s1. The fraction of sp³-hybridized carbons (Fsp3) is 0.632. The van der Waals surface area contributed by atoms with Gasteiger partial charge >= 0.3 is 0 Å². The predicted molar refractivity (Wildman–Crippen MR) is 95.3 cm³/mol. The second kappa shape index (κ2) is 8.15. The lowest BCUT2D eigenvalue weighted by Crippen LogP contribution is -2.63. The third-order valence-corrected chi connectivity index (χ3v) is 5.25. The molecule has 2 N–H and O–H groups in total. The zero-order valence-corrected chi connectivity index (χ0v) is 14.9. The first-order chi connectivity index (χ1) is 12.1. The lowest BCUT2D eigenvalue weighted by molar-refractivity contribution is 0.00192. The van der Waals surface area contributed by atoms with Gasteiger partial charge in [0.2, 0.25) is 0 Å². The second-order valence-corrected chi connectivity index (χ2v) is 7.08. The van der Waals surface area contributed by atoms with Gasteiger partial charge in [0.1, 0.15) is 11.6 Å². The number of ether oxygens (including phenoxy) is 1. The Labute approximate surface area is 148 Å². The van der Waals surface area contributed by atoms with E-state index in [2.05, 4.69) is 11.8 Å². The van der Waals surface area contributed by atoms with Gasteiger partial charge in [-0.05, 0) is 57.5 Å². The third kappa shape index (κ3) is 4.12. The molecule has 0 aromatic heterocycles. The fourth-order valence-corrected chi connectivity index (χ4v) is 3.72. The molecule has 0 spiro atoms. The predicted octanol–water partition coefficient (Wildman–Crippen LogP) is 2.25. The number of carbonyl (C=O) groups excluding carboxylic acids is 1. The molecule has 2 saturated heterocycles. The number of piperidine rings is 1. The molecule has 25 heavy (non-hydrogen) atoms. The Morgan fingerprint density at radius 1 is 1.36 bits per heavy atom. The summed E-state index contributed by atoms with van der Waals surface area (Å²) in [5.41, 5.74) is 5.78. The Balaban J connectivity index is 1.62. The van der Waals surface area contributed by atoms with Gasteiger partial charge < -0.3 is 15.4 Å². The number of benzene rings is 1. The van der Waals surface area contributed by atoms with Crippen molar-refractivity contribution in [2.75, 3.05) is 32.8 Å². The van der Waals surface area contributed by atoms with Gasteiger partial charge in [-0.3, -0.25) is 9.69 Å². The average molecular weight is 349 g/mol. The topological polar surface area (TPSA) is 58.8 Å². The van der Waals surface area contributed by atoms with E-state index in [0.29, 0.717) is 56.1 Å². The highest BCUT2D eigenvalue weighted by Gasteiger charge is 2.38. The van der Waals surface area contributed by atoms with Crippen LogP contribution in [0, 0.1) is 5.82 Å². The summed E-state index contributed by atoms with van der Waals surface area (Å²) in [6, 6.07) is 5.14. The molecule has 3 rings (SSSR count). The van der Waals surface area contributed by atoms with Crippen LogP contribution in [-0.2, 0) is 0 Å². The minimum absolute atomic E-state index is 0.150. The molecule has 1 atom stereocenters. The molecule has 1 aromatic rings. The monoisotopic (exact) mass is 349 g/mol. The highest BCUT2D eigenvalue weighted by molar-refractivity contribution is 5.97. The number of rotatable bonds is 6. The van der Waals surface area contributed by atoms with E-state index in [9.17, 15) is 9.18 Å². The van der Waals surface area contributed by atoms with E-state index in [-0.39, 0.29) is 5.91 Å². The van der Waals surface area contributed by atoms with E-state index in [0.717, 1.165) is 6.54 Å². The van der Waals surface area contributed by atoms with Crippen molar-refractivity contribution in [3.05, 3.63) is 29.6 Å². The maximum Gasteiger partial charge on any atom is 0.257 e. The number of amides is 1. The van der Waals surface area contributed by atoms with Gasteiger partial charge in [-0.1, -0.05) is 6.42 Å². The third-order valence-electron chi connectivity index (χ3n) is 5.25. The fourth-order valence-electron chi connectivity index (χ4n) is 3.72. The number of hydrogen-bond donors (Lipinski definition) is 1. The first-order valence-electron chi connectivity index (χ1n) is 9.27. The zero-order chi connectivity index (χ0) is 17.8. The van der Waals surface area contributed by atoms with E-state index >= 15 is 0 Å². The molecule has 0 radical (unpaired) electrons. The molecule has 6 heteroatoms. The minimum Gasteiger partial charge on any atom is -0.493 e. The van der Waals surface area contributed by atoms with Crippen molar-refractivity contribution in [1.29, 1.82) is 0 Å². The Kier molecular flexibility index (Phi) is 5.91. The molecular weight excluding hydrogens is 321 g/mol. The SMILES string of the molecule is C[C@@H]1CCCCN1C1CN(C(=O)c2cc(F)ccc2OCCCN)C1. The lowest BCUT2D eigenvalue weighted by Gasteiger charge is -2.49. The molecule has 0 unspecified atom stereocenters. The molecule has 5 nitrogen and oxygen atoms in total. The van der Waals surface area contributed by atoms with Gasteiger partial charge in [-0.15, -0.1) is 0 Å². The molecule has 2 heterocycles. The van der Waals surface area contributed by atoms with Crippen molar-refractivity contribution >= 4 is 5.91 Å². The molecule has 2 aliphatic heterocycles. The lowest BCUT2D eigenvalue weighted by atomic mass is 9.97. The summed E-state index contributed by atoms with van der Waals surface area (Å²) >= 11 is 0. The van der Waals surface area contributed by atoms with E-state index in [4.69, 9.17) is 10.5 Å². The van der Waals surface area contributed by atoms with Gasteiger partial charge in [0.05, 0.1) is 12.2 Å². The van der Waals surface area contributed by atoms with Crippen molar-refractivity contribution in [3.8, 4) is 5.75 Å². The summed E-state index contributed by atoms with van der Waals surface area (Å²) in [5, 5.41) is 0. The first kappa shape index (κ1) is 18.1. The Morgan fingerprint density at radius 2 is 2.16 bits per heavy atom. The maximum absolute atomic E-state index is 13.6. The summed E-state index contributed by atoms with van der Waals surface area (Å²) in [4.78, 5) is 17.1. The quantitative estimate of drug-likeness (QED) is 0.801. The molecule has 138 valence electrons. The molecule has 2 aliphatic rings. The van der Waals surface area contributed by atoms with E-state index in [1.807, 2.05) is 0 Å². The molecule has 1 aromatic carbocycles. The van der Waals surface area contributed by atoms with Gasteiger partial charge in [-0.25, -0.2) is 4.39 Å². The number of nitrogens with zero attached hydrogens (tertiary/aromatic N) is 2. The first-order valence-corrected chi connectivity index (χ1v) is 9.27. The van der Waals surface area contributed by atoms with Crippen LogP contribution in [-0.4, -0.2) is 60.6 Å². The van der Waals surface area contributed by atoms with Crippen LogP contribution in [0.5, 0.6) is 5.75 Å². The van der Waals surface area contributed by atoms with Gasteiger partial charge in [0.15, 0.2) is 0 Å². The smallest absolute Gasteiger partial charge is 0.257 e. The van der Waals surface area contributed by atoms with Crippen molar-refractivity contribution in [2.45, 2.75) is 44.7 Å². The van der Waals surface area contributed by atoms with Crippen molar-refractivity contribution in [2.24, 2.45) is 5.73 Å². The summed E-state index contributed by atoms with van der Waals surface area (Å²) in [6.45, 7) is 5.74. The summed E-state index contributed by atoms with van der Waals surface area (Å²) in [5.74, 6) is -0.131. The Bertz CT molecular complexity index is 604. The number of halogens is 1. The van der Waals surface area contributed by atoms with Crippen LogP contribution in [0.3, 0.4) is 0 Å². The molecular formula is C19H28FN3O2. The normalized spacial score (nSPS) is 21.9. The van der Waals surface area contributed by atoms with Crippen LogP contribution in [0.15, 0.2) is 18.2 Å². The largest absolute Gasteiger partial charge is 0.493 e. The second-order valence-electron chi connectivity index (χ2n) is 7.08. The van der Waals surface area contributed by atoms with Crippen LogP contribution in [0.2, 0.25) is 0 Å². The van der Waals surface area contributed by atoms with Crippen molar-refractivity contribution < 1.29 is 13.9 Å². The Hall–Kier alpha value is -1.66. The maximum atomic E-state index is 13.6. The van der Waals surface area contributed by atoms with Crippen LogP contribution in [0.1, 0.15) is 43.0 Å².